The molecule has 0 spiro atoms. The van der Waals surface area contributed by atoms with Crippen LogP contribution in [0.2, 0.25) is 0 Å². The molecule has 0 aliphatic carbocycles. The molecule has 0 rings (SSSR count). The average Bonchev–Trinajstić information content (AvgIpc) is 1.64. The van der Waals surface area contributed by atoms with Gasteiger partial charge in [0.05, 0.1) is 0 Å². The molecule has 0 aromatic heterocycles. The monoisotopic (exact) mass is 128 g/mol. The maximum absolute atomic E-state index is 11.0. The van der Waals surface area contributed by atoms with Crippen molar-refractivity contribution in [3.05, 3.63) is 0 Å². The van der Waals surface area contributed by atoms with Crippen molar-refractivity contribution < 1.29 is 18.5 Å². The van der Waals surface area contributed by atoms with Gasteiger partial charge in [0.25, 0.3) is 6.43 Å². The number of rotatable bonds is 1. The molecule has 48 valence electrons. The highest BCUT2D eigenvalue weighted by atomic mass is 19.3. The summed E-state index contributed by atoms with van der Waals surface area (Å²) in [6, 6.07) is 0. The van der Waals surface area contributed by atoms with Gasteiger partial charge >= 0.3 is 0 Å². The summed E-state index contributed by atoms with van der Waals surface area (Å²) in [4.78, 5) is 0. The molecule has 0 saturated carbocycles. The first kappa shape index (κ1) is 7.22. The van der Waals surface area contributed by atoms with Crippen LogP contribution in [-0.2, 0) is 0 Å². The van der Waals surface area contributed by atoms with Gasteiger partial charge in [0, 0.05) is 0 Å². The van der Waals surface area contributed by atoms with Crippen molar-refractivity contribution in [2.24, 2.45) is 0 Å². The molecule has 0 atom stereocenters. The Balaban J connectivity index is 3.65. The van der Waals surface area contributed by atoms with E-state index in [-0.39, 0.29) is 0 Å². The lowest BCUT2D eigenvalue weighted by Gasteiger charge is -2.02. The Labute approximate surface area is 42.7 Å². The maximum Gasteiger partial charge on any atom is 0.299 e. The van der Waals surface area contributed by atoms with Crippen LogP contribution in [0.25, 0.3) is 0 Å². The van der Waals surface area contributed by atoms with Crippen LogP contribution in [0, 0.1) is 5.41 Å². The lowest BCUT2D eigenvalue weighted by Crippen LogP contribution is -2.24. The Morgan fingerprint density at radius 1 is 1.62 bits per heavy atom. The van der Waals surface area contributed by atoms with Crippen molar-refractivity contribution in [2.45, 2.75) is 6.43 Å². The van der Waals surface area contributed by atoms with Crippen molar-refractivity contribution in [1.82, 2.24) is 5.29 Å². The zero-order valence-electron chi connectivity index (χ0n) is 3.61. The van der Waals surface area contributed by atoms with Gasteiger partial charge in [0.1, 0.15) is 0 Å². The fourth-order valence-electron chi connectivity index (χ4n) is 0.0805. The van der Waals surface area contributed by atoms with Crippen LogP contribution < -0.4 is 0 Å². The van der Waals surface area contributed by atoms with E-state index in [9.17, 15) is 13.3 Å². The van der Waals surface area contributed by atoms with Gasteiger partial charge in [-0.3, -0.25) is 10.6 Å². The predicted octanol–water partition coefficient (Wildman–Crippen LogP) is 0.804. The summed E-state index contributed by atoms with van der Waals surface area (Å²) in [5, 5.41) is 12.0. The average molecular weight is 128 g/mol. The molecule has 0 saturated heterocycles. The molecule has 6 heteroatoms. The predicted molar refractivity (Wildman–Crippen MR) is 18.5 cm³/mol. The number of halogens is 3. The first-order chi connectivity index (χ1) is 3.55. The molecule has 0 aliphatic rings. The summed E-state index contributed by atoms with van der Waals surface area (Å²) in [6.07, 6.45) is -3.27. The molecule has 0 radical (unpaired) electrons. The van der Waals surface area contributed by atoms with E-state index < -0.39 is 17.5 Å². The molecular weight excluding hydrogens is 125 g/mol. The van der Waals surface area contributed by atoms with Crippen LogP contribution in [-0.4, -0.2) is 22.8 Å². The van der Waals surface area contributed by atoms with E-state index in [4.69, 9.17) is 10.6 Å². The SMILES string of the molecule is N=C(C(F)F)N(O)F. The van der Waals surface area contributed by atoms with E-state index in [1.54, 1.807) is 0 Å². The van der Waals surface area contributed by atoms with Crippen molar-refractivity contribution in [3.63, 3.8) is 0 Å². The molecule has 0 aromatic rings. The van der Waals surface area contributed by atoms with Crippen molar-refractivity contribution in [2.75, 3.05) is 0 Å². The third-order valence-electron chi connectivity index (χ3n) is 0.405. The number of amidine groups is 1. The highest BCUT2D eigenvalue weighted by Crippen LogP contribution is 1.97. The molecule has 0 aliphatic heterocycles. The van der Waals surface area contributed by atoms with Crippen LogP contribution in [0.3, 0.4) is 0 Å². The number of hydrogen-bond donors (Lipinski definition) is 2. The highest BCUT2D eigenvalue weighted by molar-refractivity contribution is 5.79. The second kappa shape index (κ2) is 2.51. The minimum atomic E-state index is -3.27. The van der Waals surface area contributed by atoms with Gasteiger partial charge < -0.3 is 0 Å². The first-order valence-electron chi connectivity index (χ1n) is 1.57. The third-order valence-corrected chi connectivity index (χ3v) is 0.405. The molecule has 0 unspecified atom stereocenters. The zero-order valence-corrected chi connectivity index (χ0v) is 3.61. The summed E-state index contributed by atoms with van der Waals surface area (Å²) < 4.78 is 33.1. The number of nitrogens with one attached hydrogen (secondary N) is 1. The number of alkyl halides is 2. The Morgan fingerprint density at radius 3 is 2.00 bits per heavy atom. The van der Waals surface area contributed by atoms with Gasteiger partial charge in [-0.05, 0) is 0 Å². The summed E-state index contributed by atoms with van der Waals surface area (Å²) >= 11 is 0. The molecular formula is C2H3F3N2O. The Morgan fingerprint density at radius 2 is 2.00 bits per heavy atom. The fraction of sp³-hybridized carbons (Fsp3) is 0.500. The van der Waals surface area contributed by atoms with Gasteiger partial charge in [0.15, 0.2) is 0 Å². The molecule has 0 amide bonds. The van der Waals surface area contributed by atoms with Crippen LogP contribution in [0.1, 0.15) is 0 Å². The second-order valence-electron chi connectivity index (χ2n) is 0.946. The number of hydrogen-bond acceptors (Lipinski definition) is 2. The van der Waals surface area contributed by atoms with Crippen LogP contribution in [0.5, 0.6) is 0 Å². The molecule has 0 bridgehead atoms. The summed E-state index contributed by atoms with van der Waals surface area (Å²) in [6.45, 7) is 0. The maximum atomic E-state index is 11.0. The quantitative estimate of drug-likeness (QED) is 0.237. The van der Waals surface area contributed by atoms with E-state index >= 15 is 0 Å². The smallest absolute Gasteiger partial charge is 0.279 e. The molecule has 3 nitrogen and oxygen atoms in total. The normalized spacial score (nSPS) is 9.62. The Hall–Kier alpha value is -0.780. The minimum absolute atomic E-state index is 1.43. The lowest BCUT2D eigenvalue weighted by molar-refractivity contribution is -0.176. The topological polar surface area (TPSA) is 47.3 Å². The van der Waals surface area contributed by atoms with Crippen LogP contribution >= 0.6 is 0 Å². The Bertz CT molecular complexity index is 83.3. The number of hydroxylamine groups is 1. The largest absolute Gasteiger partial charge is 0.299 e. The van der Waals surface area contributed by atoms with Crippen LogP contribution in [0.15, 0.2) is 0 Å². The summed E-state index contributed by atoms with van der Waals surface area (Å²) in [7, 11) is 0. The van der Waals surface area contributed by atoms with Crippen molar-refractivity contribution in [1.29, 1.82) is 5.41 Å². The van der Waals surface area contributed by atoms with E-state index in [1.807, 2.05) is 0 Å². The van der Waals surface area contributed by atoms with Gasteiger partial charge in [-0.25, -0.2) is 8.78 Å². The molecule has 0 heterocycles. The van der Waals surface area contributed by atoms with E-state index in [1.165, 1.54) is 0 Å². The first-order valence-corrected chi connectivity index (χ1v) is 1.57. The summed E-state index contributed by atoms with van der Waals surface area (Å²) in [5.74, 6) is -1.76. The van der Waals surface area contributed by atoms with Crippen molar-refractivity contribution >= 4 is 5.84 Å². The Kier molecular flexibility index (Phi) is 2.26. The van der Waals surface area contributed by atoms with E-state index in [0.29, 0.717) is 0 Å². The van der Waals surface area contributed by atoms with Gasteiger partial charge in [-0.15, -0.1) is 0 Å². The zero-order chi connectivity index (χ0) is 6.73. The molecule has 0 fully saturated rings. The standard InChI is InChI=1S/C2H3F3N2O/c3-1(4)2(6)7(5)8/h1,6,8H. The second-order valence-corrected chi connectivity index (χ2v) is 0.946. The van der Waals surface area contributed by atoms with E-state index in [2.05, 4.69) is 0 Å². The highest BCUT2D eigenvalue weighted by Gasteiger charge is 2.16. The summed E-state index contributed by atoms with van der Waals surface area (Å²) in [5.41, 5.74) is 0. The molecule has 2 N–H and O–H groups in total. The third kappa shape index (κ3) is 1.78. The van der Waals surface area contributed by atoms with Gasteiger partial charge in [-0.2, -0.15) is 0 Å². The van der Waals surface area contributed by atoms with Gasteiger partial charge in [0.2, 0.25) is 5.84 Å². The van der Waals surface area contributed by atoms with Crippen LogP contribution in [0.4, 0.5) is 13.3 Å². The molecule has 0 aromatic carbocycles. The lowest BCUT2D eigenvalue weighted by atomic mass is 10.6. The van der Waals surface area contributed by atoms with Gasteiger partial charge in [-0.1, -0.05) is 9.77 Å². The molecule has 8 heavy (non-hydrogen) atoms. The minimum Gasteiger partial charge on any atom is -0.279 e. The van der Waals surface area contributed by atoms with Crippen molar-refractivity contribution in [3.8, 4) is 0 Å². The fourth-order valence-corrected chi connectivity index (χ4v) is 0.0805. The van der Waals surface area contributed by atoms with E-state index in [0.717, 1.165) is 0 Å². The number of nitrogens with zero attached hydrogens (tertiary/aromatic N) is 1.